The molecule has 2 aromatic heterocycles. The monoisotopic (exact) mass is 292 g/mol. The Labute approximate surface area is 127 Å². The molecule has 0 aliphatic carbocycles. The van der Waals surface area contributed by atoms with Crippen molar-refractivity contribution < 1.29 is 9.53 Å². The van der Waals surface area contributed by atoms with Gasteiger partial charge in [-0.3, -0.25) is 0 Å². The minimum absolute atomic E-state index is 0.344. The smallest absolute Gasteiger partial charge is 0.354 e. The Hall–Kier alpha value is -2.75. The van der Waals surface area contributed by atoms with Gasteiger partial charge < -0.3 is 14.3 Å². The molecule has 0 spiro atoms. The van der Waals surface area contributed by atoms with E-state index >= 15 is 0 Å². The molecule has 2 aromatic carbocycles. The van der Waals surface area contributed by atoms with Crippen LogP contribution in [0.2, 0.25) is 0 Å². The molecule has 0 radical (unpaired) electrons. The van der Waals surface area contributed by atoms with Gasteiger partial charge in [-0.25, -0.2) is 4.79 Å². The van der Waals surface area contributed by atoms with Crippen molar-refractivity contribution in [3.8, 4) is 0 Å². The molecule has 0 bridgehead atoms. The molecule has 2 heterocycles. The van der Waals surface area contributed by atoms with Gasteiger partial charge in [-0.2, -0.15) is 0 Å². The van der Waals surface area contributed by atoms with E-state index in [-0.39, 0.29) is 5.97 Å². The molecule has 1 N–H and O–H groups in total. The summed E-state index contributed by atoms with van der Waals surface area (Å²) < 4.78 is 7.11. The van der Waals surface area contributed by atoms with Crippen molar-refractivity contribution in [3.63, 3.8) is 0 Å². The average molecular weight is 292 g/mol. The topological polar surface area (TPSA) is 47.0 Å². The number of aromatic nitrogens is 2. The Morgan fingerprint density at radius 1 is 1.18 bits per heavy atom. The molecule has 4 rings (SSSR count). The van der Waals surface area contributed by atoms with E-state index in [2.05, 4.69) is 40.7 Å². The highest BCUT2D eigenvalue weighted by Crippen LogP contribution is 2.34. The average Bonchev–Trinajstić information content (AvgIpc) is 3.12. The maximum atomic E-state index is 11.8. The lowest BCUT2D eigenvalue weighted by atomic mass is 10.1. The number of aromatic amines is 1. The number of rotatable bonds is 2. The van der Waals surface area contributed by atoms with Crippen LogP contribution in [0.3, 0.4) is 0 Å². The van der Waals surface area contributed by atoms with Crippen LogP contribution in [0.5, 0.6) is 0 Å². The molecular formula is C18H16N2O2. The second-order valence-electron chi connectivity index (χ2n) is 5.36. The summed E-state index contributed by atoms with van der Waals surface area (Å²) in [5.74, 6) is -0.344. The zero-order valence-electron chi connectivity index (χ0n) is 12.5. The lowest BCUT2D eigenvalue weighted by Gasteiger charge is -2.02. The van der Waals surface area contributed by atoms with Gasteiger partial charge in [0.25, 0.3) is 0 Å². The van der Waals surface area contributed by atoms with Gasteiger partial charge in [0.1, 0.15) is 5.69 Å². The molecule has 4 heteroatoms. The number of nitrogens with one attached hydrogen (secondary N) is 1. The van der Waals surface area contributed by atoms with E-state index in [9.17, 15) is 4.79 Å². The largest absolute Gasteiger partial charge is 0.464 e. The van der Waals surface area contributed by atoms with Crippen molar-refractivity contribution in [3.05, 3.63) is 48.2 Å². The number of benzene rings is 2. The molecule has 110 valence electrons. The maximum absolute atomic E-state index is 11.8. The molecule has 4 nitrogen and oxygen atoms in total. The SMILES string of the molecule is CCn1c2ccccc2c2c3[nH]c(C(=O)OC)cc3ccc21. The quantitative estimate of drug-likeness (QED) is 0.566. The number of ether oxygens (including phenoxy) is 1. The summed E-state index contributed by atoms with van der Waals surface area (Å²) >= 11 is 0. The standard InChI is InChI=1S/C18H16N2O2/c1-3-20-14-7-5-4-6-12(14)16-15(20)9-8-11-10-13(18(21)22-2)19-17(11)16/h4-10,19H,3H2,1-2H3. The third kappa shape index (κ3) is 1.61. The van der Waals surface area contributed by atoms with Crippen LogP contribution in [-0.4, -0.2) is 22.6 Å². The molecule has 0 atom stereocenters. The van der Waals surface area contributed by atoms with Crippen molar-refractivity contribution >= 4 is 38.7 Å². The molecule has 0 amide bonds. The third-order valence-corrected chi connectivity index (χ3v) is 4.25. The number of hydrogen-bond acceptors (Lipinski definition) is 2. The highest BCUT2D eigenvalue weighted by molar-refractivity contribution is 6.20. The molecule has 0 unspecified atom stereocenters. The highest BCUT2D eigenvalue weighted by Gasteiger charge is 2.16. The summed E-state index contributed by atoms with van der Waals surface area (Å²) in [6, 6.07) is 14.4. The minimum atomic E-state index is -0.344. The number of aryl methyl sites for hydroxylation is 1. The lowest BCUT2D eigenvalue weighted by Crippen LogP contribution is -2.00. The van der Waals surface area contributed by atoms with E-state index in [1.54, 1.807) is 0 Å². The number of hydrogen-bond donors (Lipinski definition) is 1. The number of carbonyl (C=O) groups is 1. The number of fused-ring (bicyclic) bond motifs is 5. The normalized spacial score (nSPS) is 11.5. The Bertz CT molecular complexity index is 1020. The first-order chi connectivity index (χ1) is 10.7. The van der Waals surface area contributed by atoms with Gasteiger partial charge in [-0.15, -0.1) is 0 Å². The predicted octanol–water partition coefficient (Wildman–Crippen LogP) is 4.08. The van der Waals surface area contributed by atoms with Gasteiger partial charge in [-0.1, -0.05) is 24.3 Å². The number of para-hydroxylation sites is 1. The van der Waals surface area contributed by atoms with E-state index < -0.39 is 0 Å². The fourth-order valence-corrected chi connectivity index (χ4v) is 3.30. The van der Waals surface area contributed by atoms with Crippen LogP contribution in [-0.2, 0) is 11.3 Å². The van der Waals surface area contributed by atoms with Gasteiger partial charge in [-0.05, 0) is 25.1 Å². The molecular weight excluding hydrogens is 276 g/mol. The van der Waals surface area contributed by atoms with Gasteiger partial charge in [0.05, 0.1) is 18.1 Å². The number of carbonyl (C=O) groups excluding carboxylic acids is 1. The Morgan fingerprint density at radius 2 is 2.00 bits per heavy atom. The molecule has 0 saturated heterocycles. The van der Waals surface area contributed by atoms with E-state index in [4.69, 9.17) is 4.74 Å². The summed E-state index contributed by atoms with van der Waals surface area (Å²) in [6.45, 7) is 3.05. The molecule has 0 saturated carbocycles. The van der Waals surface area contributed by atoms with Crippen molar-refractivity contribution in [2.75, 3.05) is 7.11 Å². The first-order valence-corrected chi connectivity index (χ1v) is 7.35. The lowest BCUT2D eigenvalue weighted by molar-refractivity contribution is 0.0595. The van der Waals surface area contributed by atoms with Crippen LogP contribution in [0, 0.1) is 0 Å². The summed E-state index contributed by atoms with van der Waals surface area (Å²) in [5, 5.41) is 3.38. The van der Waals surface area contributed by atoms with Gasteiger partial charge in [0.15, 0.2) is 0 Å². The first kappa shape index (κ1) is 13.0. The zero-order valence-corrected chi connectivity index (χ0v) is 12.5. The maximum Gasteiger partial charge on any atom is 0.354 e. The summed E-state index contributed by atoms with van der Waals surface area (Å²) in [6.07, 6.45) is 0. The Balaban J connectivity index is 2.19. The molecule has 4 aromatic rings. The zero-order chi connectivity index (χ0) is 15.3. The first-order valence-electron chi connectivity index (χ1n) is 7.35. The van der Waals surface area contributed by atoms with Crippen LogP contribution in [0.25, 0.3) is 32.7 Å². The fraction of sp³-hybridized carbons (Fsp3) is 0.167. The fourth-order valence-electron chi connectivity index (χ4n) is 3.30. The van der Waals surface area contributed by atoms with E-state index in [1.165, 1.54) is 23.5 Å². The second kappa shape index (κ2) is 4.63. The molecule has 0 aliphatic heterocycles. The molecule has 0 fully saturated rings. The van der Waals surface area contributed by atoms with Crippen molar-refractivity contribution in [2.45, 2.75) is 13.5 Å². The Morgan fingerprint density at radius 3 is 2.77 bits per heavy atom. The van der Waals surface area contributed by atoms with E-state index in [0.717, 1.165) is 22.8 Å². The van der Waals surface area contributed by atoms with Crippen LogP contribution in [0.15, 0.2) is 42.5 Å². The minimum Gasteiger partial charge on any atom is -0.464 e. The van der Waals surface area contributed by atoms with E-state index in [0.29, 0.717) is 5.69 Å². The van der Waals surface area contributed by atoms with Crippen molar-refractivity contribution in [1.82, 2.24) is 9.55 Å². The van der Waals surface area contributed by atoms with Crippen LogP contribution >= 0.6 is 0 Å². The second-order valence-corrected chi connectivity index (χ2v) is 5.36. The number of methoxy groups -OCH3 is 1. The molecule has 22 heavy (non-hydrogen) atoms. The number of esters is 1. The summed E-state index contributed by atoms with van der Waals surface area (Å²) in [7, 11) is 1.40. The number of H-pyrrole nitrogens is 1. The third-order valence-electron chi connectivity index (χ3n) is 4.25. The summed E-state index contributed by atoms with van der Waals surface area (Å²) in [4.78, 5) is 15.0. The number of nitrogens with zero attached hydrogens (tertiary/aromatic N) is 1. The van der Waals surface area contributed by atoms with Gasteiger partial charge >= 0.3 is 5.97 Å². The van der Waals surface area contributed by atoms with Crippen LogP contribution in [0.4, 0.5) is 0 Å². The van der Waals surface area contributed by atoms with Crippen molar-refractivity contribution in [2.24, 2.45) is 0 Å². The Kier molecular flexibility index (Phi) is 2.73. The molecule has 0 aliphatic rings. The van der Waals surface area contributed by atoms with Gasteiger partial charge in [0.2, 0.25) is 0 Å². The summed E-state index contributed by atoms with van der Waals surface area (Å²) in [5.41, 5.74) is 3.86. The van der Waals surface area contributed by atoms with Crippen LogP contribution in [0.1, 0.15) is 17.4 Å². The van der Waals surface area contributed by atoms with Gasteiger partial charge in [0, 0.05) is 28.2 Å². The highest BCUT2D eigenvalue weighted by atomic mass is 16.5. The predicted molar refractivity (Wildman–Crippen MR) is 88.3 cm³/mol. The van der Waals surface area contributed by atoms with E-state index in [1.807, 2.05) is 18.2 Å². The van der Waals surface area contributed by atoms with Crippen LogP contribution < -0.4 is 0 Å². The van der Waals surface area contributed by atoms with Crippen molar-refractivity contribution in [1.29, 1.82) is 0 Å².